The van der Waals surface area contributed by atoms with Crippen molar-refractivity contribution < 1.29 is 64.6 Å². The van der Waals surface area contributed by atoms with Crippen molar-refractivity contribution in [1.82, 2.24) is 5.32 Å². The van der Waals surface area contributed by atoms with Gasteiger partial charge in [-0.1, -0.05) is 0 Å². The van der Waals surface area contributed by atoms with Gasteiger partial charge in [-0.05, 0) is 19.4 Å². The maximum absolute atomic E-state index is 12.6. The molecule has 0 radical (unpaired) electrons. The van der Waals surface area contributed by atoms with Gasteiger partial charge < -0.3 is 88.1 Å². The van der Waals surface area contributed by atoms with Gasteiger partial charge in [0.15, 0.2) is 12.6 Å². The van der Waals surface area contributed by atoms with Crippen LogP contribution in [0.15, 0.2) is 0 Å². The van der Waals surface area contributed by atoms with Gasteiger partial charge in [0, 0.05) is 6.04 Å². The number of carbonyl (C=O) groups excluding carboxylic acids is 1. The van der Waals surface area contributed by atoms with Gasteiger partial charge in [-0.15, -0.1) is 0 Å². The highest BCUT2D eigenvalue weighted by molar-refractivity contribution is 5.80. The minimum atomic E-state index is -1.69. The van der Waals surface area contributed by atoms with Crippen LogP contribution in [0.1, 0.15) is 12.8 Å². The normalized spacial score (nSPS) is 47.0. The van der Waals surface area contributed by atoms with Crippen LogP contribution in [0.5, 0.6) is 0 Å². The molecule has 234 valence electrons. The zero-order chi connectivity index (χ0) is 29.9. The molecule has 40 heavy (non-hydrogen) atoms. The summed E-state index contributed by atoms with van der Waals surface area (Å²) >= 11 is 0. The number of rotatable bonds is 10. The number of aliphatic hydroxyl groups excluding tert-OH is 8. The first-order chi connectivity index (χ1) is 18.9. The molecule has 16 atom stereocenters. The van der Waals surface area contributed by atoms with Gasteiger partial charge in [-0.25, -0.2) is 0 Å². The third-order valence-corrected chi connectivity index (χ3v) is 7.54. The maximum atomic E-state index is 12.6. The molecule has 2 heterocycles. The van der Waals surface area contributed by atoms with Gasteiger partial charge in [0.25, 0.3) is 0 Å². The molecule has 2 aliphatic heterocycles. The first kappa shape index (κ1) is 33.3. The predicted molar refractivity (Wildman–Crippen MR) is 131 cm³/mol. The van der Waals surface area contributed by atoms with Gasteiger partial charge >= 0.3 is 0 Å². The van der Waals surface area contributed by atoms with Crippen molar-refractivity contribution in [1.29, 1.82) is 0 Å². The topological polar surface area (TPSA) is 332 Å². The summed E-state index contributed by atoms with van der Waals surface area (Å²) in [5.41, 5.74) is 23.5. The van der Waals surface area contributed by atoms with Crippen LogP contribution in [0.4, 0.5) is 0 Å². The van der Waals surface area contributed by atoms with E-state index in [9.17, 15) is 45.6 Å². The lowest BCUT2D eigenvalue weighted by atomic mass is 9.83. The molecule has 0 aromatic carbocycles. The molecule has 1 saturated carbocycles. The highest BCUT2D eigenvalue weighted by Gasteiger charge is 2.52. The maximum Gasteiger partial charge on any atom is 0.249 e. The summed E-state index contributed by atoms with van der Waals surface area (Å²) in [5.74, 6) is -0.839. The van der Waals surface area contributed by atoms with Crippen molar-refractivity contribution in [3.8, 4) is 0 Å². The van der Waals surface area contributed by atoms with Gasteiger partial charge in [0.05, 0.1) is 31.3 Å². The van der Waals surface area contributed by atoms with Crippen LogP contribution in [0.2, 0.25) is 0 Å². The molecule has 3 aliphatic rings. The molecule has 0 bridgehead atoms. The molecule has 2 saturated heterocycles. The van der Waals surface area contributed by atoms with E-state index in [0.717, 1.165) is 0 Å². The summed E-state index contributed by atoms with van der Waals surface area (Å²) in [4.78, 5) is 12.6. The van der Waals surface area contributed by atoms with E-state index in [1.807, 2.05) is 0 Å². The Labute approximate surface area is 229 Å². The van der Waals surface area contributed by atoms with Crippen LogP contribution in [-0.2, 0) is 23.7 Å². The Morgan fingerprint density at radius 2 is 1.40 bits per heavy atom. The number of carbonyl (C=O) groups is 1. The fourth-order valence-electron chi connectivity index (χ4n) is 5.07. The Hall–Kier alpha value is -1.17. The van der Waals surface area contributed by atoms with Crippen molar-refractivity contribution in [2.45, 2.75) is 111 Å². The van der Waals surface area contributed by atoms with E-state index in [1.165, 1.54) is 0 Å². The number of nitrogens with one attached hydrogen (secondary N) is 1. The van der Waals surface area contributed by atoms with Gasteiger partial charge in [-0.2, -0.15) is 0 Å². The molecule has 3 fully saturated rings. The number of ether oxygens (including phenoxy) is 4. The van der Waals surface area contributed by atoms with E-state index in [0.29, 0.717) is 0 Å². The summed E-state index contributed by atoms with van der Waals surface area (Å²) in [6.07, 6.45) is -17.8. The standard InChI is InChI=1S/C22H43N5O13/c23-2-1-8(30)20(36)27-7-3-6(24)18(39-21-12(26)15(33)14(32)10(5-29)37-21)17(35)19(7)40-22-16(34)11(25)13(31)9(4-28)38-22/h6-19,21-22,28-35H,1-5,23-26H2,(H,27,36). The number of amides is 1. The van der Waals surface area contributed by atoms with Crippen molar-refractivity contribution in [2.24, 2.45) is 22.9 Å². The minimum Gasteiger partial charge on any atom is -0.394 e. The number of aliphatic hydroxyl groups is 8. The van der Waals surface area contributed by atoms with E-state index in [4.69, 9.17) is 41.9 Å². The highest BCUT2D eigenvalue weighted by atomic mass is 16.7. The predicted octanol–water partition coefficient (Wildman–Crippen LogP) is -8.42. The van der Waals surface area contributed by atoms with E-state index < -0.39 is 117 Å². The van der Waals surface area contributed by atoms with Gasteiger partial charge in [0.1, 0.15) is 61.0 Å². The molecule has 18 nitrogen and oxygen atoms in total. The Morgan fingerprint density at radius 1 is 0.825 bits per heavy atom. The summed E-state index contributed by atoms with van der Waals surface area (Å²) in [5, 5.41) is 84.0. The fourth-order valence-corrected chi connectivity index (χ4v) is 5.07. The SMILES string of the molecule is NCCC(O)C(=O)NC1CC(N)C(OC2OC(CO)C(O)C(O)C2N)C(O)C1OC1OC(CO)C(O)C(N)C1O. The first-order valence-corrected chi connectivity index (χ1v) is 13.0. The summed E-state index contributed by atoms with van der Waals surface area (Å²) in [7, 11) is 0. The Balaban J connectivity index is 1.85. The smallest absolute Gasteiger partial charge is 0.249 e. The summed E-state index contributed by atoms with van der Waals surface area (Å²) < 4.78 is 22.6. The zero-order valence-electron chi connectivity index (χ0n) is 21.7. The van der Waals surface area contributed by atoms with Crippen LogP contribution < -0.4 is 28.3 Å². The molecule has 17 N–H and O–H groups in total. The molecule has 1 aliphatic carbocycles. The second-order valence-corrected chi connectivity index (χ2v) is 10.4. The van der Waals surface area contributed by atoms with Gasteiger partial charge in [-0.3, -0.25) is 4.79 Å². The van der Waals surface area contributed by atoms with E-state index >= 15 is 0 Å². The summed E-state index contributed by atoms with van der Waals surface area (Å²) in [6.45, 7) is -1.34. The lowest BCUT2D eigenvalue weighted by Gasteiger charge is -2.49. The second-order valence-electron chi connectivity index (χ2n) is 10.4. The molecule has 3 rings (SSSR count). The number of nitrogens with two attached hydrogens (primary N) is 4. The minimum absolute atomic E-state index is 0.0130. The quantitative estimate of drug-likeness (QED) is 0.113. The van der Waals surface area contributed by atoms with Crippen molar-refractivity contribution in [2.75, 3.05) is 19.8 Å². The van der Waals surface area contributed by atoms with Crippen molar-refractivity contribution in [3.63, 3.8) is 0 Å². The molecule has 18 heteroatoms. The van der Waals surface area contributed by atoms with Crippen LogP contribution >= 0.6 is 0 Å². The molecule has 1 amide bonds. The second kappa shape index (κ2) is 14.3. The van der Waals surface area contributed by atoms with E-state index in [1.54, 1.807) is 0 Å². The van der Waals surface area contributed by atoms with Gasteiger partial charge in [0.2, 0.25) is 5.91 Å². The van der Waals surface area contributed by atoms with Crippen molar-refractivity contribution >= 4 is 5.91 Å². The summed E-state index contributed by atoms with van der Waals surface area (Å²) in [6, 6.07) is -4.73. The number of hydrogen-bond donors (Lipinski definition) is 13. The fraction of sp³-hybridized carbons (Fsp3) is 0.955. The molecular formula is C22H43N5O13. The van der Waals surface area contributed by atoms with Crippen LogP contribution in [-0.4, -0.2) is 164 Å². The monoisotopic (exact) mass is 585 g/mol. The molecule has 0 aromatic rings. The first-order valence-electron chi connectivity index (χ1n) is 13.0. The largest absolute Gasteiger partial charge is 0.394 e. The average molecular weight is 586 g/mol. The number of hydrogen-bond acceptors (Lipinski definition) is 17. The Morgan fingerprint density at radius 3 is 2.00 bits per heavy atom. The highest BCUT2D eigenvalue weighted by Crippen LogP contribution is 2.31. The molecule has 16 unspecified atom stereocenters. The third-order valence-electron chi connectivity index (χ3n) is 7.54. The molecule has 0 aromatic heterocycles. The van der Waals surface area contributed by atoms with E-state index in [-0.39, 0.29) is 19.4 Å². The van der Waals surface area contributed by atoms with Crippen LogP contribution in [0.3, 0.4) is 0 Å². The molecule has 0 spiro atoms. The van der Waals surface area contributed by atoms with Crippen LogP contribution in [0, 0.1) is 0 Å². The lowest BCUT2D eigenvalue weighted by Crippen LogP contribution is -2.70. The van der Waals surface area contributed by atoms with Crippen molar-refractivity contribution in [3.05, 3.63) is 0 Å². The third kappa shape index (κ3) is 7.06. The zero-order valence-corrected chi connectivity index (χ0v) is 21.7. The van der Waals surface area contributed by atoms with E-state index in [2.05, 4.69) is 5.32 Å². The molecular weight excluding hydrogens is 542 g/mol. The van der Waals surface area contributed by atoms with Crippen LogP contribution in [0.25, 0.3) is 0 Å². The Bertz CT molecular complexity index is 815. The Kier molecular flexibility index (Phi) is 11.9. The average Bonchev–Trinajstić information content (AvgIpc) is 2.92. The lowest BCUT2D eigenvalue weighted by molar-refractivity contribution is -0.321.